The quantitative estimate of drug-likeness (QED) is 0.746. The first-order valence-corrected chi connectivity index (χ1v) is 9.44. The summed E-state index contributed by atoms with van der Waals surface area (Å²) in [7, 11) is 1.93. The van der Waals surface area contributed by atoms with Crippen LogP contribution in [-0.4, -0.2) is 37.7 Å². The van der Waals surface area contributed by atoms with Crippen LogP contribution in [0.25, 0.3) is 11.0 Å². The third-order valence-electron chi connectivity index (χ3n) is 5.32. The number of nitrogens with one attached hydrogen (secondary N) is 1. The Kier molecular flexibility index (Phi) is 4.90. The standard InChI is InChI=1S/C21H24N4O2/c1-25-10-8-16-15(11-14-5-4-9-22-13-14)12-18(23-20(16)25)21(27)24-17-6-2-3-7-19(17)26/h4-5,8-10,12-13,17,19,26H,2-3,6-7,11H2,1H3,(H,24,27)/t17-,19-/m0/s1. The van der Waals surface area contributed by atoms with Crippen molar-refractivity contribution in [3.8, 4) is 0 Å². The maximum atomic E-state index is 12.8. The average molecular weight is 364 g/mol. The Hall–Kier alpha value is -2.73. The molecule has 0 aromatic carbocycles. The molecule has 3 heterocycles. The highest BCUT2D eigenvalue weighted by molar-refractivity contribution is 5.95. The number of pyridine rings is 2. The Morgan fingerprint density at radius 3 is 2.96 bits per heavy atom. The van der Waals surface area contributed by atoms with Gasteiger partial charge in [-0.3, -0.25) is 9.78 Å². The first-order chi connectivity index (χ1) is 13.1. The van der Waals surface area contributed by atoms with Crippen molar-refractivity contribution in [2.45, 2.75) is 44.2 Å². The minimum atomic E-state index is -0.476. The van der Waals surface area contributed by atoms with Crippen molar-refractivity contribution in [1.82, 2.24) is 19.9 Å². The zero-order valence-corrected chi connectivity index (χ0v) is 15.4. The number of rotatable bonds is 4. The van der Waals surface area contributed by atoms with E-state index in [0.717, 1.165) is 47.8 Å². The lowest BCUT2D eigenvalue weighted by atomic mass is 9.92. The zero-order chi connectivity index (χ0) is 18.8. The average Bonchev–Trinajstić information content (AvgIpc) is 3.06. The van der Waals surface area contributed by atoms with Gasteiger partial charge in [-0.05, 0) is 48.6 Å². The van der Waals surface area contributed by atoms with Gasteiger partial charge in [0, 0.05) is 31.0 Å². The fraction of sp³-hybridized carbons (Fsp3) is 0.381. The smallest absolute Gasteiger partial charge is 0.270 e. The molecule has 140 valence electrons. The van der Waals surface area contributed by atoms with E-state index in [2.05, 4.69) is 15.3 Å². The van der Waals surface area contributed by atoms with Gasteiger partial charge >= 0.3 is 0 Å². The van der Waals surface area contributed by atoms with E-state index in [1.165, 1.54) is 0 Å². The predicted octanol–water partition coefficient (Wildman–Crippen LogP) is 2.59. The van der Waals surface area contributed by atoms with Crippen LogP contribution in [0.1, 0.15) is 47.3 Å². The van der Waals surface area contributed by atoms with Crippen molar-refractivity contribution in [2.75, 3.05) is 0 Å². The van der Waals surface area contributed by atoms with Crippen LogP contribution in [0.15, 0.2) is 42.9 Å². The molecule has 0 unspecified atom stereocenters. The maximum absolute atomic E-state index is 12.8. The van der Waals surface area contributed by atoms with E-state index in [1.54, 1.807) is 6.20 Å². The van der Waals surface area contributed by atoms with E-state index in [4.69, 9.17) is 0 Å². The summed E-state index contributed by atoms with van der Waals surface area (Å²) in [5.74, 6) is -0.225. The number of fused-ring (bicyclic) bond motifs is 1. The molecule has 2 N–H and O–H groups in total. The molecule has 3 aromatic heterocycles. The molecular weight excluding hydrogens is 340 g/mol. The second kappa shape index (κ2) is 7.48. The first-order valence-electron chi connectivity index (χ1n) is 9.44. The van der Waals surface area contributed by atoms with Gasteiger partial charge in [0.05, 0.1) is 12.1 Å². The van der Waals surface area contributed by atoms with Gasteiger partial charge in [-0.25, -0.2) is 4.98 Å². The van der Waals surface area contributed by atoms with Crippen molar-refractivity contribution in [3.63, 3.8) is 0 Å². The van der Waals surface area contributed by atoms with Crippen molar-refractivity contribution in [3.05, 3.63) is 59.7 Å². The molecule has 6 heteroatoms. The molecule has 1 amide bonds. The minimum Gasteiger partial charge on any atom is -0.391 e. The summed E-state index contributed by atoms with van der Waals surface area (Å²) >= 11 is 0. The van der Waals surface area contributed by atoms with Crippen molar-refractivity contribution < 1.29 is 9.90 Å². The molecule has 6 nitrogen and oxygen atoms in total. The summed E-state index contributed by atoms with van der Waals surface area (Å²) in [6.45, 7) is 0. The van der Waals surface area contributed by atoms with Crippen LogP contribution in [0.5, 0.6) is 0 Å². The second-order valence-corrected chi connectivity index (χ2v) is 7.30. The number of hydrogen-bond donors (Lipinski definition) is 2. The molecule has 1 aliphatic rings. The van der Waals surface area contributed by atoms with E-state index in [1.807, 2.05) is 48.3 Å². The number of aliphatic hydroxyl groups excluding tert-OH is 1. The van der Waals surface area contributed by atoms with Crippen molar-refractivity contribution >= 4 is 16.9 Å². The molecule has 3 aromatic rings. The van der Waals surface area contributed by atoms with Gasteiger partial charge < -0.3 is 15.0 Å². The highest BCUT2D eigenvalue weighted by Gasteiger charge is 2.25. The fourth-order valence-corrected chi connectivity index (χ4v) is 3.81. The number of nitrogens with zero attached hydrogens (tertiary/aromatic N) is 3. The number of amides is 1. The fourth-order valence-electron chi connectivity index (χ4n) is 3.81. The van der Waals surface area contributed by atoms with E-state index in [9.17, 15) is 9.90 Å². The van der Waals surface area contributed by atoms with Crippen LogP contribution in [0.2, 0.25) is 0 Å². The van der Waals surface area contributed by atoms with Crippen LogP contribution in [0, 0.1) is 0 Å². The van der Waals surface area contributed by atoms with Gasteiger partial charge in [-0.15, -0.1) is 0 Å². The Morgan fingerprint density at radius 2 is 2.19 bits per heavy atom. The van der Waals surface area contributed by atoms with Crippen molar-refractivity contribution in [2.24, 2.45) is 7.05 Å². The first kappa shape index (κ1) is 17.7. The molecule has 0 radical (unpaired) electrons. The molecule has 0 aliphatic heterocycles. The summed E-state index contributed by atoms with van der Waals surface area (Å²) in [4.78, 5) is 21.6. The minimum absolute atomic E-state index is 0.195. The van der Waals surface area contributed by atoms with Gasteiger partial charge in [0.2, 0.25) is 0 Å². The zero-order valence-electron chi connectivity index (χ0n) is 15.4. The van der Waals surface area contributed by atoms with Gasteiger partial charge in [0.25, 0.3) is 5.91 Å². The Balaban J connectivity index is 1.66. The SMILES string of the molecule is Cn1ccc2c(Cc3cccnc3)cc(C(=O)N[C@H]3CCCC[C@@H]3O)nc21. The Morgan fingerprint density at radius 1 is 1.33 bits per heavy atom. The third kappa shape index (κ3) is 3.71. The maximum Gasteiger partial charge on any atom is 0.270 e. The van der Waals surface area contributed by atoms with E-state index < -0.39 is 6.10 Å². The predicted molar refractivity (Wildman–Crippen MR) is 103 cm³/mol. The third-order valence-corrected chi connectivity index (χ3v) is 5.32. The molecule has 0 bridgehead atoms. The largest absolute Gasteiger partial charge is 0.391 e. The van der Waals surface area contributed by atoms with E-state index in [0.29, 0.717) is 12.1 Å². The van der Waals surface area contributed by atoms with Gasteiger partial charge in [0.15, 0.2) is 0 Å². The molecule has 4 rings (SSSR count). The number of aliphatic hydroxyl groups is 1. The van der Waals surface area contributed by atoms with Crippen molar-refractivity contribution in [1.29, 1.82) is 0 Å². The molecule has 27 heavy (non-hydrogen) atoms. The monoisotopic (exact) mass is 364 g/mol. The lowest BCUT2D eigenvalue weighted by Crippen LogP contribution is -2.45. The summed E-state index contributed by atoms with van der Waals surface area (Å²) in [6, 6.07) is 7.64. The summed E-state index contributed by atoms with van der Waals surface area (Å²) in [5.41, 5.74) is 3.30. The number of aryl methyl sites for hydroxylation is 1. The lowest BCUT2D eigenvalue weighted by molar-refractivity contribution is 0.0714. The molecule has 0 saturated heterocycles. The molecule has 1 saturated carbocycles. The Bertz CT molecular complexity index is 951. The molecular formula is C21H24N4O2. The highest BCUT2D eigenvalue weighted by Crippen LogP contribution is 2.23. The summed E-state index contributed by atoms with van der Waals surface area (Å²) < 4.78 is 1.92. The van der Waals surface area contributed by atoms with Crippen LogP contribution in [0.4, 0.5) is 0 Å². The van der Waals surface area contributed by atoms with Gasteiger partial charge in [0.1, 0.15) is 11.3 Å². The van der Waals surface area contributed by atoms with Crippen LogP contribution >= 0.6 is 0 Å². The molecule has 1 fully saturated rings. The molecule has 0 spiro atoms. The molecule has 1 aliphatic carbocycles. The topological polar surface area (TPSA) is 80.0 Å². The summed E-state index contributed by atoms with van der Waals surface area (Å²) in [6.07, 6.45) is 9.34. The van der Waals surface area contributed by atoms with Gasteiger partial charge in [-0.1, -0.05) is 18.9 Å². The second-order valence-electron chi connectivity index (χ2n) is 7.30. The van der Waals surface area contributed by atoms with Crippen LogP contribution < -0.4 is 5.32 Å². The highest BCUT2D eigenvalue weighted by atomic mass is 16.3. The van der Waals surface area contributed by atoms with Crippen LogP contribution in [0.3, 0.4) is 0 Å². The summed E-state index contributed by atoms with van der Waals surface area (Å²) in [5, 5.41) is 14.2. The lowest BCUT2D eigenvalue weighted by Gasteiger charge is -2.28. The Labute approximate surface area is 158 Å². The van der Waals surface area contributed by atoms with E-state index >= 15 is 0 Å². The number of hydrogen-bond acceptors (Lipinski definition) is 4. The number of carbonyl (C=O) groups excluding carboxylic acids is 1. The molecule has 2 atom stereocenters. The van der Waals surface area contributed by atoms with E-state index in [-0.39, 0.29) is 11.9 Å². The normalized spacial score (nSPS) is 19.9. The van der Waals surface area contributed by atoms with Gasteiger partial charge in [-0.2, -0.15) is 0 Å². The number of carbonyl (C=O) groups is 1. The van der Waals surface area contributed by atoms with Crippen LogP contribution in [-0.2, 0) is 13.5 Å². The number of aromatic nitrogens is 3.